The number of fused-ring (bicyclic) bond motifs is 1. The van der Waals surface area contributed by atoms with E-state index in [0.717, 1.165) is 29.1 Å². The van der Waals surface area contributed by atoms with Crippen LogP contribution in [0.2, 0.25) is 0 Å². The van der Waals surface area contributed by atoms with E-state index in [4.69, 9.17) is 11.2 Å². The predicted molar refractivity (Wildman–Crippen MR) is 136 cm³/mol. The number of aliphatic hydroxyl groups is 2. The molecule has 0 bridgehead atoms. The number of terminal acetylenes is 1. The van der Waals surface area contributed by atoms with Crippen molar-refractivity contribution in [2.45, 2.75) is 97.1 Å². The van der Waals surface area contributed by atoms with Gasteiger partial charge in [0.2, 0.25) is 0 Å². The molecule has 7 atom stereocenters. The molecule has 0 aromatic carbocycles. The summed E-state index contributed by atoms with van der Waals surface area (Å²) in [6.07, 6.45) is 7.50. The molecular weight excluding hydrogens is 464 g/mol. The highest BCUT2D eigenvalue weighted by atomic mass is 32.1. The molecule has 0 saturated carbocycles. The van der Waals surface area contributed by atoms with E-state index in [2.05, 4.69) is 16.2 Å². The third-order valence-corrected chi connectivity index (χ3v) is 8.27. The molecule has 8 heteroatoms. The number of aliphatic hydroxyl groups excluding tert-OH is 2. The number of ether oxygens (including phenoxy) is 1. The van der Waals surface area contributed by atoms with Crippen molar-refractivity contribution < 1.29 is 24.5 Å². The van der Waals surface area contributed by atoms with Crippen LogP contribution in [0.15, 0.2) is 11.0 Å². The molecule has 0 unspecified atom stereocenters. The molecule has 7 nitrogen and oxygen atoms in total. The van der Waals surface area contributed by atoms with Crippen LogP contribution < -0.4 is 5.32 Å². The molecule has 1 aromatic heterocycles. The Kier molecular flexibility index (Phi) is 8.92. The van der Waals surface area contributed by atoms with Gasteiger partial charge in [0.25, 0.3) is 0 Å². The van der Waals surface area contributed by atoms with Crippen LogP contribution >= 0.6 is 11.3 Å². The summed E-state index contributed by atoms with van der Waals surface area (Å²) >= 11 is 1.56. The highest BCUT2D eigenvalue weighted by molar-refractivity contribution is 7.09. The van der Waals surface area contributed by atoms with Crippen molar-refractivity contribution in [1.29, 1.82) is 0 Å². The number of aryl methyl sites for hydroxylation is 1. The summed E-state index contributed by atoms with van der Waals surface area (Å²) in [6.45, 7) is 8.69. The topological polar surface area (TPSA) is 119 Å². The average Bonchev–Trinajstić information content (AvgIpc) is 3.41. The summed E-state index contributed by atoms with van der Waals surface area (Å²) in [5, 5.41) is 28.1. The second-order valence-corrected chi connectivity index (χ2v) is 11.6. The van der Waals surface area contributed by atoms with Gasteiger partial charge >= 0.3 is 5.97 Å². The van der Waals surface area contributed by atoms with Gasteiger partial charge < -0.3 is 20.3 Å². The number of rotatable bonds is 2. The molecule has 0 amide bonds. The fourth-order valence-electron chi connectivity index (χ4n) is 4.85. The second kappa shape index (κ2) is 11.3. The lowest BCUT2D eigenvalue weighted by molar-refractivity contribution is -0.154. The van der Waals surface area contributed by atoms with Crippen molar-refractivity contribution in [1.82, 2.24) is 10.3 Å². The molecule has 3 heterocycles. The highest BCUT2D eigenvalue weighted by Crippen LogP contribution is 2.33. The van der Waals surface area contributed by atoms with E-state index in [-0.39, 0.29) is 24.3 Å². The second-order valence-electron chi connectivity index (χ2n) is 10.6. The number of esters is 1. The van der Waals surface area contributed by atoms with Gasteiger partial charge in [0.1, 0.15) is 11.9 Å². The van der Waals surface area contributed by atoms with Crippen LogP contribution in [0, 0.1) is 36.5 Å². The number of aromatic nitrogens is 1. The Morgan fingerprint density at radius 1 is 1.31 bits per heavy atom. The van der Waals surface area contributed by atoms with Crippen LogP contribution in [-0.2, 0) is 14.3 Å². The maximum absolute atomic E-state index is 13.2. The third kappa shape index (κ3) is 6.79. The Morgan fingerprint density at radius 2 is 2.03 bits per heavy atom. The maximum atomic E-state index is 13.2. The SMILES string of the molecule is C#C[C@H]1CCC[C@H]2N[C@H]2C[C@@H](/C(C)=C/c2csc(C)n2)OC(=O)C[C@H](O)C(C)(C)C(=O)[C@H](C)[C@H]1O. The van der Waals surface area contributed by atoms with Crippen LogP contribution in [0.5, 0.6) is 0 Å². The van der Waals surface area contributed by atoms with Gasteiger partial charge in [-0.15, -0.1) is 23.7 Å². The summed E-state index contributed by atoms with van der Waals surface area (Å²) in [7, 11) is 0. The minimum absolute atomic E-state index is 0.206. The van der Waals surface area contributed by atoms with Crippen LogP contribution in [0.25, 0.3) is 6.08 Å². The molecule has 2 fully saturated rings. The quantitative estimate of drug-likeness (QED) is 0.323. The molecule has 2 saturated heterocycles. The number of carbonyl (C=O) groups excluding carboxylic acids is 2. The number of nitrogens with one attached hydrogen (secondary N) is 1. The minimum Gasteiger partial charge on any atom is -0.458 e. The van der Waals surface area contributed by atoms with Crippen LogP contribution in [-0.4, -0.2) is 57.3 Å². The molecule has 3 rings (SSSR count). The molecule has 0 aliphatic carbocycles. The van der Waals surface area contributed by atoms with Crippen LogP contribution in [0.4, 0.5) is 0 Å². The molecule has 3 N–H and O–H groups in total. The Bertz CT molecular complexity index is 994. The number of hydrogen-bond acceptors (Lipinski definition) is 8. The van der Waals surface area contributed by atoms with Crippen molar-refractivity contribution in [3.8, 4) is 12.3 Å². The van der Waals surface area contributed by atoms with E-state index in [9.17, 15) is 19.8 Å². The molecule has 0 radical (unpaired) electrons. The van der Waals surface area contributed by atoms with E-state index in [0.29, 0.717) is 12.8 Å². The molecule has 2 aliphatic rings. The van der Waals surface area contributed by atoms with E-state index >= 15 is 0 Å². The van der Waals surface area contributed by atoms with E-state index in [1.807, 2.05) is 25.3 Å². The Hall–Kier alpha value is -2.05. The van der Waals surface area contributed by atoms with Gasteiger partial charge in [-0.1, -0.05) is 27.2 Å². The van der Waals surface area contributed by atoms with Gasteiger partial charge in [-0.2, -0.15) is 0 Å². The molecular formula is C27H38N2O5S. The number of thiazole rings is 1. The van der Waals surface area contributed by atoms with E-state index in [1.165, 1.54) is 0 Å². The van der Waals surface area contributed by atoms with Gasteiger partial charge in [-0.25, -0.2) is 4.98 Å². The highest BCUT2D eigenvalue weighted by Gasteiger charge is 2.44. The summed E-state index contributed by atoms with van der Waals surface area (Å²) < 4.78 is 5.85. The largest absolute Gasteiger partial charge is 0.458 e. The van der Waals surface area contributed by atoms with Crippen molar-refractivity contribution in [2.75, 3.05) is 0 Å². The van der Waals surface area contributed by atoms with E-state index in [1.54, 1.807) is 32.1 Å². The third-order valence-electron chi connectivity index (χ3n) is 7.48. The van der Waals surface area contributed by atoms with Gasteiger partial charge in [-0.3, -0.25) is 9.59 Å². The first-order valence-electron chi connectivity index (χ1n) is 12.4. The zero-order valence-electron chi connectivity index (χ0n) is 21.3. The number of cyclic esters (lactones) is 1. The Balaban J connectivity index is 1.84. The lowest BCUT2D eigenvalue weighted by Gasteiger charge is -2.34. The molecule has 192 valence electrons. The monoisotopic (exact) mass is 502 g/mol. The molecule has 2 aliphatic heterocycles. The van der Waals surface area contributed by atoms with Gasteiger partial charge in [0, 0.05) is 35.7 Å². The number of nitrogens with zero attached hydrogens (tertiary/aromatic N) is 1. The van der Waals surface area contributed by atoms with Crippen LogP contribution in [0.1, 0.15) is 70.5 Å². The molecule has 1 aromatic rings. The van der Waals surface area contributed by atoms with Gasteiger partial charge in [0.05, 0.1) is 34.7 Å². The van der Waals surface area contributed by atoms with Crippen molar-refractivity contribution in [3.05, 3.63) is 21.7 Å². The van der Waals surface area contributed by atoms with Gasteiger partial charge in [-0.05, 0) is 38.3 Å². The van der Waals surface area contributed by atoms with E-state index < -0.39 is 41.5 Å². The zero-order valence-corrected chi connectivity index (χ0v) is 22.1. The summed E-state index contributed by atoms with van der Waals surface area (Å²) in [5.41, 5.74) is 0.455. The fraction of sp³-hybridized carbons (Fsp3) is 0.667. The number of Topliss-reactive ketones (excluding diaryl/α,β-unsaturated/α-hetero) is 1. The van der Waals surface area contributed by atoms with Crippen LogP contribution in [0.3, 0.4) is 0 Å². The Morgan fingerprint density at radius 3 is 2.66 bits per heavy atom. The van der Waals surface area contributed by atoms with Gasteiger partial charge in [0.15, 0.2) is 0 Å². The summed E-state index contributed by atoms with van der Waals surface area (Å²) in [5.74, 6) is 0.550. The van der Waals surface area contributed by atoms with Crippen molar-refractivity contribution in [3.63, 3.8) is 0 Å². The molecule has 35 heavy (non-hydrogen) atoms. The Labute approximate surface area is 212 Å². The zero-order chi connectivity index (χ0) is 25.9. The number of hydrogen-bond donors (Lipinski definition) is 3. The lowest BCUT2D eigenvalue weighted by Crippen LogP contribution is -2.46. The smallest absolute Gasteiger partial charge is 0.309 e. The predicted octanol–water partition coefficient (Wildman–Crippen LogP) is 3.27. The van der Waals surface area contributed by atoms with Crippen molar-refractivity contribution in [2.24, 2.45) is 17.3 Å². The first-order valence-corrected chi connectivity index (χ1v) is 13.2. The lowest BCUT2D eigenvalue weighted by atomic mass is 9.73. The summed E-state index contributed by atoms with van der Waals surface area (Å²) in [4.78, 5) is 30.6. The first kappa shape index (κ1) is 27.5. The average molecular weight is 503 g/mol. The first-order chi connectivity index (χ1) is 16.4. The van der Waals surface area contributed by atoms with Crippen molar-refractivity contribution >= 4 is 29.2 Å². The number of ketones is 1. The normalized spacial score (nSPS) is 35.0. The summed E-state index contributed by atoms with van der Waals surface area (Å²) in [6, 6.07) is 0.495. The maximum Gasteiger partial charge on any atom is 0.309 e. The standard InChI is InChI=1S/C27H38N2O5S/c1-7-18-9-8-10-20-21(29-20)12-22(15(2)11-19-14-35-17(4)28-19)34-24(31)13-23(30)27(5,6)26(33)16(3)25(18)32/h1,11,14,16,18,20-23,25,29-30,32H,8-10,12-13H2,2-6H3/b15-11+/t16-,18+,20-,21+,22+,23+,25-/m1/s1. The number of carbonyl (C=O) groups is 2. The molecule has 0 spiro atoms. The fourth-order valence-corrected chi connectivity index (χ4v) is 5.42. The minimum atomic E-state index is -1.26.